The molecule has 3 aromatic heterocycles. The first kappa shape index (κ1) is 26.2. The summed E-state index contributed by atoms with van der Waals surface area (Å²) in [5, 5.41) is 7.39. The monoisotopic (exact) mass is 553 g/mol. The van der Waals surface area contributed by atoms with E-state index in [9.17, 15) is 9.11 Å². The molecule has 0 unspecified atom stereocenters. The van der Waals surface area contributed by atoms with Crippen molar-refractivity contribution in [2.45, 2.75) is 13.8 Å². The fourth-order valence-corrected chi connectivity index (χ4v) is 6.45. The van der Waals surface area contributed by atoms with E-state index in [-0.39, 0.29) is 0 Å². The predicted molar refractivity (Wildman–Crippen MR) is 156 cm³/mol. The Bertz CT molecular complexity index is 1400. The van der Waals surface area contributed by atoms with Crippen molar-refractivity contribution in [3.05, 3.63) is 54.4 Å². The van der Waals surface area contributed by atoms with Crippen LogP contribution in [0.15, 0.2) is 48.8 Å². The first-order valence-corrected chi connectivity index (χ1v) is 15.0. The van der Waals surface area contributed by atoms with Gasteiger partial charge in [0, 0.05) is 31.4 Å². The average molecular weight is 554 g/mol. The van der Waals surface area contributed by atoms with E-state index in [0.29, 0.717) is 30.5 Å². The van der Waals surface area contributed by atoms with Crippen molar-refractivity contribution in [1.29, 1.82) is 0 Å². The lowest BCUT2D eigenvalue weighted by atomic mass is 10.1. The summed E-state index contributed by atoms with van der Waals surface area (Å²) in [6, 6.07) is 11.8. The number of aryl methyl sites for hydroxylation is 1. The Morgan fingerprint density at radius 2 is 1.89 bits per heavy atom. The van der Waals surface area contributed by atoms with E-state index in [1.807, 2.05) is 44.2 Å². The van der Waals surface area contributed by atoms with Gasteiger partial charge in [0.25, 0.3) is 0 Å². The van der Waals surface area contributed by atoms with Crippen LogP contribution in [0.2, 0.25) is 0 Å². The van der Waals surface area contributed by atoms with Crippen molar-refractivity contribution in [1.82, 2.24) is 19.9 Å². The molecule has 1 aliphatic rings. The molecule has 4 aromatic rings. The molecular formula is C26H31N7O3S2. The Morgan fingerprint density at radius 1 is 1.08 bits per heavy atom. The molecular weight excluding hydrogens is 522 g/mol. The van der Waals surface area contributed by atoms with Gasteiger partial charge in [-0.1, -0.05) is 11.3 Å². The molecule has 0 spiro atoms. The van der Waals surface area contributed by atoms with Crippen LogP contribution in [0.25, 0.3) is 21.8 Å². The minimum absolute atomic E-state index is 0.375. The standard InChI is InChI=1S/C26H31N7O3S2/c1-4-27-26-32-23(18-13-17(2)14-20(15-18)36-3)24(37-26)21-7-8-28-25(31-21)30-19-5-6-22(29-16-19)33-9-11-38(34,35)12-10-33/h5-8,13-16,34-35H,4,9-12H2,1-3H3,(H,27,32)(H,28,30,31). The summed E-state index contributed by atoms with van der Waals surface area (Å²) in [4.78, 5) is 21.6. The van der Waals surface area contributed by atoms with E-state index in [2.05, 4.69) is 31.6 Å². The van der Waals surface area contributed by atoms with Gasteiger partial charge in [0.2, 0.25) is 5.95 Å². The molecule has 200 valence electrons. The van der Waals surface area contributed by atoms with Crippen LogP contribution in [0.4, 0.5) is 22.6 Å². The second kappa shape index (κ2) is 11.1. The Labute approximate surface area is 227 Å². The van der Waals surface area contributed by atoms with Crippen LogP contribution in [0.3, 0.4) is 0 Å². The maximum atomic E-state index is 9.85. The third-order valence-electron chi connectivity index (χ3n) is 6.11. The summed E-state index contributed by atoms with van der Waals surface area (Å²) in [6.45, 7) is 6.00. The molecule has 1 fully saturated rings. The quantitative estimate of drug-likeness (QED) is 0.215. The third kappa shape index (κ3) is 5.99. The number of nitrogens with zero attached hydrogens (tertiary/aromatic N) is 5. The third-order valence-corrected chi connectivity index (χ3v) is 8.82. The zero-order valence-electron chi connectivity index (χ0n) is 21.5. The van der Waals surface area contributed by atoms with Gasteiger partial charge in [-0.3, -0.25) is 9.11 Å². The van der Waals surface area contributed by atoms with Gasteiger partial charge < -0.3 is 20.3 Å². The Kier molecular flexibility index (Phi) is 7.65. The van der Waals surface area contributed by atoms with Crippen LogP contribution in [-0.2, 0) is 0 Å². The molecule has 0 atom stereocenters. The second-order valence-corrected chi connectivity index (χ2v) is 12.4. The zero-order valence-corrected chi connectivity index (χ0v) is 23.1. The van der Waals surface area contributed by atoms with E-state index < -0.39 is 10.6 Å². The molecule has 4 N–H and O–H groups in total. The molecule has 10 nitrogen and oxygen atoms in total. The fourth-order valence-electron chi connectivity index (χ4n) is 4.20. The Morgan fingerprint density at radius 3 is 2.61 bits per heavy atom. The number of aromatic nitrogens is 4. The van der Waals surface area contributed by atoms with Gasteiger partial charge in [0.05, 0.1) is 46.8 Å². The Balaban J connectivity index is 1.39. The van der Waals surface area contributed by atoms with Gasteiger partial charge in [-0.15, -0.1) is 0 Å². The average Bonchev–Trinajstić information content (AvgIpc) is 3.33. The summed E-state index contributed by atoms with van der Waals surface area (Å²) in [6.07, 6.45) is 3.46. The molecule has 1 aromatic carbocycles. The number of rotatable bonds is 8. The highest BCUT2D eigenvalue weighted by molar-refractivity contribution is 8.24. The number of anilines is 4. The smallest absolute Gasteiger partial charge is 0.227 e. The predicted octanol–water partition coefficient (Wildman–Crippen LogP) is 5.73. The summed E-state index contributed by atoms with van der Waals surface area (Å²) in [7, 11) is -0.777. The summed E-state index contributed by atoms with van der Waals surface area (Å²) in [5.41, 5.74) is 4.40. The van der Waals surface area contributed by atoms with Crippen molar-refractivity contribution in [2.75, 3.05) is 53.8 Å². The zero-order chi connectivity index (χ0) is 26.7. The van der Waals surface area contributed by atoms with Gasteiger partial charge >= 0.3 is 0 Å². The number of nitrogens with one attached hydrogen (secondary N) is 2. The molecule has 1 aliphatic heterocycles. The molecule has 0 aliphatic carbocycles. The molecule has 0 amide bonds. The maximum absolute atomic E-state index is 9.85. The van der Waals surface area contributed by atoms with Crippen LogP contribution in [-0.4, -0.2) is 67.3 Å². The summed E-state index contributed by atoms with van der Waals surface area (Å²) >= 11 is 1.55. The lowest BCUT2D eigenvalue weighted by molar-refractivity contribution is 0.414. The molecule has 38 heavy (non-hydrogen) atoms. The second-order valence-electron chi connectivity index (χ2n) is 8.96. The highest BCUT2D eigenvalue weighted by atomic mass is 32.3. The lowest BCUT2D eigenvalue weighted by Gasteiger charge is -2.41. The first-order chi connectivity index (χ1) is 18.3. The topological polar surface area (TPSA) is 129 Å². The largest absolute Gasteiger partial charge is 0.497 e. The molecule has 1 saturated heterocycles. The van der Waals surface area contributed by atoms with E-state index in [0.717, 1.165) is 56.3 Å². The molecule has 0 saturated carbocycles. The van der Waals surface area contributed by atoms with Gasteiger partial charge in [-0.25, -0.2) is 19.9 Å². The van der Waals surface area contributed by atoms with Gasteiger partial charge in [-0.05, 0) is 55.8 Å². The van der Waals surface area contributed by atoms with Crippen molar-refractivity contribution < 1.29 is 13.8 Å². The van der Waals surface area contributed by atoms with Crippen LogP contribution < -0.4 is 20.3 Å². The van der Waals surface area contributed by atoms with Crippen molar-refractivity contribution in [2.24, 2.45) is 0 Å². The van der Waals surface area contributed by atoms with Crippen molar-refractivity contribution in [3.8, 4) is 27.6 Å². The fraction of sp³-hybridized carbons (Fsp3) is 0.308. The van der Waals surface area contributed by atoms with E-state index in [1.54, 1.807) is 30.8 Å². The Hall–Kier alpha value is -3.45. The van der Waals surface area contributed by atoms with Crippen molar-refractivity contribution >= 4 is 44.5 Å². The van der Waals surface area contributed by atoms with Crippen LogP contribution in [0.5, 0.6) is 5.75 Å². The van der Waals surface area contributed by atoms with Gasteiger partial charge in [0.15, 0.2) is 5.13 Å². The number of methoxy groups -OCH3 is 1. The van der Waals surface area contributed by atoms with Gasteiger partial charge in [-0.2, -0.15) is 10.6 Å². The van der Waals surface area contributed by atoms with Crippen LogP contribution in [0, 0.1) is 6.92 Å². The molecule has 5 rings (SSSR count). The summed E-state index contributed by atoms with van der Waals surface area (Å²) in [5.74, 6) is 2.79. The van der Waals surface area contributed by atoms with E-state index >= 15 is 0 Å². The van der Waals surface area contributed by atoms with Crippen LogP contribution in [0.1, 0.15) is 12.5 Å². The van der Waals surface area contributed by atoms with Crippen molar-refractivity contribution in [3.63, 3.8) is 0 Å². The van der Waals surface area contributed by atoms with Crippen LogP contribution >= 0.6 is 21.9 Å². The number of benzene rings is 1. The van der Waals surface area contributed by atoms with E-state index in [4.69, 9.17) is 14.7 Å². The summed E-state index contributed by atoms with van der Waals surface area (Å²) < 4.78 is 25.2. The first-order valence-electron chi connectivity index (χ1n) is 12.3. The highest BCUT2D eigenvalue weighted by Gasteiger charge is 2.23. The number of hydrogen-bond acceptors (Lipinski definition) is 11. The normalized spacial score (nSPS) is 15.7. The number of thiazole rings is 1. The SMILES string of the molecule is CCNc1nc(-c2cc(C)cc(OC)c2)c(-c2ccnc(Nc3ccc(N4CCS(O)(O)CC4)nc3)n2)s1. The molecule has 0 radical (unpaired) electrons. The molecule has 0 bridgehead atoms. The minimum atomic E-state index is -2.44. The number of hydrogen-bond donors (Lipinski definition) is 4. The number of ether oxygens (including phenoxy) is 1. The lowest BCUT2D eigenvalue weighted by Crippen LogP contribution is -2.38. The molecule has 12 heteroatoms. The molecule has 4 heterocycles. The van der Waals surface area contributed by atoms with Gasteiger partial charge in [0.1, 0.15) is 11.6 Å². The number of pyridine rings is 1. The maximum Gasteiger partial charge on any atom is 0.227 e. The minimum Gasteiger partial charge on any atom is -0.497 e. The van der Waals surface area contributed by atoms with E-state index in [1.165, 1.54) is 0 Å². The highest BCUT2D eigenvalue weighted by Crippen LogP contribution is 2.41.